The van der Waals surface area contributed by atoms with Gasteiger partial charge >= 0.3 is 0 Å². The number of benzene rings is 2. The minimum atomic E-state index is 0.0237. The summed E-state index contributed by atoms with van der Waals surface area (Å²) in [6.45, 7) is 0. The largest absolute Gasteiger partial charge is 0.289 e. The SMILES string of the molecule is N#Cc1ccc(/C=C2\CSc3ccc(Cl)cc3C2=O)cc1. The molecule has 0 unspecified atom stereocenters. The predicted octanol–water partition coefficient (Wildman–Crippen LogP) is 4.58. The molecule has 0 aliphatic carbocycles. The maximum atomic E-state index is 12.5. The van der Waals surface area contributed by atoms with Crippen molar-refractivity contribution in [1.82, 2.24) is 0 Å². The molecule has 2 nitrogen and oxygen atoms in total. The molecule has 0 N–H and O–H groups in total. The second-order valence-corrected chi connectivity index (χ2v) is 6.12. The molecule has 1 heterocycles. The van der Waals surface area contributed by atoms with E-state index in [-0.39, 0.29) is 5.78 Å². The van der Waals surface area contributed by atoms with Crippen molar-refractivity contribution < 1.29 is 4.79 Å². The van der Waals surface area contributed by atoms with Crippen LogP contribution in [0.5, 0.6) is 0 Å². The molecule has 2 aromatic carbocycles. The molecule has 1 aliphatic heterocycles. The number of nitriles is 1. The Balaban J connectivity index is 1.95. The normalized spacial score (nSPS) is 15.6. The van der Waals surface area contributed by atoms with Gasteiger partial charge in [-0.1, -0.05) is 23.7 Å². The summed E-state index contributed by atoms with van der Waals surface area (Å²) in [7, 11) is 0. The third-order valence-electron chi connectivity index (χ3n) is 3.24. The first-order valence-corrected chi connectivity index (χ1v) is 7.71. The highest BCUT2D eigenvalue weighted by atomic mass is 35.5. The van der Waals surface area contributed by atoms with Crippen LogP contribution in [-0.2, 0) is 0 Å². The number of thioether (sulfide) groups is 1. The fourth-order valence-electron chi connectivity index (χ4n) is 2.16. The maximum absolute atomic E-state index is 12.5. The van der Waals surface area contributed by atoms with Crippen molar-refractivity contribution >= 4 is 35.2 Å². The molecule has 2 aromatic rings. The monoisotopic (exact) mass is 311 g/mol. The number of rotatable bonds is 1. The third kappa shape index (κ3) is 2.87. The lowest BCUT2D eigenvalue weighted by Gasteiger charge is -2.17. The van der Waals surface area contributed by atoms with Crippen molar-refractivity contribution in [3.05, 3.63) is 69.8 Å². The van der Waals surface area contributed by atoms with E-state index in [1.807, 2.05) is 24.3 Å². The van der Waals surface area contributed by atoms with Crippen molar-refractivity contribution in [2.45, 2.75) is 4.90 Å². The number of halogens is 1. The van der Waals surface area contributed by atoms with Crippen LogP contribution in [0.1, 0.15) is 21.5 Å². The first kappa shape index (κ1) is 13.9. The molecule has 0 radical (unpaired) electrons. The highest BCUT2D eigenvalue weighted by Crippen LogP contribution is 2.34. The standard InChI is InChI=1S/C17H10ClNOS/c18-14-5-6-16-15(8-14)17(20)13(10-21-16)7-11-1-3-12(9-19)4-2-11/h1-8H,10H2/b13-7+. The topological polar surface area (TPSA) is 40.9 Å². The Bertz CT molecular complexity index is 787. The number of carbonyl (C=O) groups excluding carboxylic acids is 1. The average molecular weight is 312 g/mol. The molecule has 0 bridgehead atoms. The average Bonchev–Trinajstić information content (AvgIpc) is 2.51. The number of hydrogen-bond acceptors (Lipinski definition) is 3. The molecule has 0 fully saturated rings. The van der Waals surface area contributed by atoms with E-state index in [9.17, 15) is 4.79 Å². The van der Waals surface area contributed by atoms with Crippen LogP contribution in [0.15, 0.2) is 52.9 Å². The van der Waals surface area contributed by atoms with Crippen molar-refractivity contribution in [3.8, 4) is 6.07 Å². The van der Waals surface area contributed by atoms with Crippen LogP contribution in [0.4, 0.5) is 0 Å². The molecule has 0 saturated carbocycles. The smallest absolute Gasteiger partial charge is 0.191 e. The Hall–Kier alpha value is -2.02. The molecule has 4 heteroatoms. The first-order valence-electron chi connectivity index (χ1n) is 6.35. The molecular weight excluding hydrogens is 302 g/mol. The Morgan fingerprint density at radius 3 is 2.67 bits per heavy atom. The van der Waals surface area contributed by atoms with E-state index in [0.717, 1.165) is 16.0 Å². The first-order chi connectivity index (χ1) is 10.2. The summed E-state index contributed by atoms with van der Waals surface area (Å²) in [6.07, 6.45) is 1.88. The molecule has 0 aromatic heterocycles. The Labute approximate surface area is 132 Å². The van der Waals surface area contributed by atoms with E-state index in [1.54, 1.807) is 36.0 Å². The van der Waals surface area contributed by atoms with Gasteiger partial charge in [0.15, 0.2) is 5.78 Å². The molecular formula is C17H10ClNOS. The van der Waals surface area contributed by atoms with Gasteiger partial charge in [0.25, 0.3) is 0 Å². The lowest BCUT2D eigenvalue weighted by molar-refractivity contribution is 0.103. The van der Waals surface area contributed by atoms with E-state index in [2.05, 4.69) is 6.07 Å². The van der Waals surface area contributed by atoms with Gasteiger partial charge in [0.1, 0.15) is 0 Å². The summed E-state index contributed by atoms with van der Waals surface area (Å²) in [5.41, 5.74) is 2.94. The summed E-state index contributed by atoms with van der Waals surface area (Å²) < 4.78 is 0. The van der Waals surface area contributed by atoms with Gasteiger partial charge in [0.2, 0.25) is 0 Å². The van der Waals surface area contributed by atoms with E-state index < -0.39 is 0 Å². The zero-order chi connectivity index (χ0) is 14.8. The van der Waals surface area contributed by atoms with Crippen molar-refractivity contribution in [2.75, 3.05) is 5.75 Å². The lowest BCUT2D eigenvalue weighted by Crippen LogP contribution is -2.12. The zero-order valence-electron chi connectivity index (χ0n) is 11.0. The Morgan fingerprint density at radius 1 is 1.19 bits per heavy atom. The number of fused-ring (bicyclic) bond motifs is 1. The molecule has 102 valence electrons. The van der Waals surface area contributed by atoms with Gasteiger partial charge in [-0.15, -0.1) is 11.8 Å². The summed E-state index contributed by atoms with van der Waals surface area (Å²) in [6, 6.07) is 14.7. The highest BCUT2D eigenvalue weighted by Gasteiger charge is 2.22. The van der Waals surface area contributed by atoms with Crippen LogP contribution in [0.25, 0.3) is 6.08 Å². The second-order valence-electron chi connectivity index (χ2n) is 4.66. The Kier molecular flexibility index (Phi) is 3.83. The molecule has 0 saturated heterocycles. The van der Waals surface area contributed by atoms with Gasteiger partial charge in [0, 0.05) is 26.8 Å². The molecule has 21 heavy (non-hydrogen) atoms. The van der Waals surface area contributed by atoms with Crippen molar-refractivity contribution in [1.29, 1.82) is 5.26 Å². The quantitative estimate of drug-likeness (QED) is 0.724. The third-order valence-corrected chi connectivity index (χ3v) is 4.60. The number of Topliss-reactive ketones (excluding diaryl/α,β-unsaturated/α-hetero) is 1. The summed E-state index contributed by atoms with van der Waals surface area (Å²) in [5, 5.41) is 9.36. The maximum Gasteiger partial charge on any atom is 0.191 e. The van der Waals surface area contributed by atoms with Crippen LogP contribution in [0.3, 0.4) is 0 Å². The van der Waals surface area contributed by atoms with E-state index >= 15 is 0 Å². The van der Waals surface area contributed by atoms with Gasteiger partial charge in [-0.05, 0) is 42.0 Å². The van der Waals surface area contributed by atoms with Crippen molar-refractivity contribution in [3.63, 3.8) is 0 Å². The number of ketones is 1. The van der Waals surface area contributed by atoms with Crippen LogP contribution in [0.2, 0.25) is 5.02 Å². The van der Waals surface area contributed by atoms with Gasteiger partial charge in [-0.25, -0.2) is 0 Å². The number of carbonyl (C=O) groups is 1. The predicted molar refractivity (Wildman–Crippen MR) is 85.6 cm³/mol. The lowest BCUT2D eigenvalue weighted by atomic mass is 10.0. The zero-order valence-corrected chi connectivity index (χ0v) is 12.5. The van der Waals surface area contributed by atoms with Gasteiger partial charge in [0.05, 0.1) is 11.6 Å². The second kappa shape index (κ2) is 5.77. The van der Waals surface area contributed by atoms with E-state index in [1.165, 1.54) is 0 Å². The number of hydrogen-bond donors (Lipinski definition) is 0. The van der Waals surface area contributed by atoms with E-state index in [0.29, 0.717) is 21.9 Å². The molecule has 0 spiro atoms. The van der Waals surface area contributed by atoms with Gasteiger partial charge < -0.3 is 0 Å². The van der Waals surface area contributed by atoms with Gasteiger partial charge in [-0.2, -0.15) is 5.26 Å². The van der Waals surface area contributed by atoms with Crippen LogP contribution < -0.4 is 0 Å². The van der Waals surface area contributed by atoms with Gasteiger partial charge in [-0.3, -0.25) is 4.79 Å². The van der Waals surface area contributed by atoms with Crippen LogP contribution >= 0.6 is 23.4 Å². The van der Waals surface area contributed by atoms with E-state index in [4.69, 9.17) is 16.9 Å². The summed E-state index contributed by atoms with van der Waals surface area (Å²) in [4.78, 5) is 13.5. The number of nitrogens with zero attached hydrogens (tertiary/aromatic N) is 1. The summed E-state index contributed by atoms with van der Waals surface area (Å²) >= 11 is 7.61. The highest BCUT2D eigenvalue weighted by molar-refractivity contribution is 7.99. The van der Waals surface area contributed by atoms with Crippen LogP contribution in [-0.4, -0.2) is 11.5 Å². The fraction of sp³-hybridized carbons (Fsp3) is 0.0588. The minimum absolute atomic E-state index is 0.0237. The minimum Gasteiger partial charge on any atom is -0.289 e. The van der Waals surface area contributed by atoms with Crippen molar-refractivity contribution in [2.24, 2.45) is 0 Å². The molecule has 0 amide bonds. The fourth-order valence-corrected chi connectivity index (χ4v) is 3.33. The van der Waals surface area contributed by atoms with Crippen LogP contribution in [0, 0.1) is 11.3 Å². The summed E-state index contributed by atoms with van der Waals surface area (Å²) in [5.74, 6) is 0.670. The molecule has 1 aliphatic rings. The Morgan fingerprint density at radius 2 is 1.95 bits per heavy atom. The molecule has 3 rings (SSSR count). The molecule has 0 atom stereocenters.